The molecule has 50 valence electrons. The first-order chi connectivity index (χ1) is 2.77. The molecule has 4 heteroatoms. The molecule has 0 saturated carbocycles. The van der Waals surface area contributed by atoms with Gasteiger partial charge in [0.1, 0.15) is 0 Å². The van der Waals surface area contributed by atoms with E-state index >= 15 is 0 Å². The number of esters is 1. The lowest BCUT2D eigenvalue weighted by molar-refractivity contribution is -0.135. The van der Waals surface area contributed by atoms with Gasteiger partial charge in [0, 0.05) is 6.92 Å². The van der Waals surface area contributed by atoms with E-state index in [0.717, 1.165) is 6.26 Å². The van der Waals surface area contributed by atoms with Crippen LogP contribution in [0.4, 0.5) is 0 Å². The minimum atomic E-state index is -0.329. The molecule has 0 aromatic heterocycles. The van der Waals surface area contributed by atoms with E-state index in [1.807, 2.05) is 0 Å². The van der Waals surface area contributed by atoms with Gasteiger partial charge < -0.3 is 23.3 Å². The van der Waals surface area contributed by atoms with Crippen molar-refractivity contribution in [2.24, 2.45) is 0 Å². The predicted molar refractivity (Wildman–Crippen MR) is 27.9 cm³/mol. The summed E-state index contributed by atoms with van der Waals surface area (Å²) in [6, 6.07) is 0. The van der Waals surface area contributed by atoms with Gasteiger partial charge in [-0.2, -0.15) is 0 Å². The van der Waals surface area contributed by atoms with Crippen LogP contribution in [-0.4, -0.2) is 5.97 Å². The fourth-order valence-corrected chi connectivity index (χ4v) is 0.117. The Labute approximate surface area is 54.7 Å². The molecule has 0 heterocycles. The molecule has 0 aliphatic carbocycles. The highest BCUT2D eigenvalue weighted by Gasteiger charge is 1.79. The Bertz CT molecular complexity index is 74.4. The molecule has 3 nitrogen and oxygen atoms in total. The number of carbonyl (C=O) groups is 1. The van der Waals surface area contributed by atoms with Crippen molar-refractivity contribution in [1.82, 2.24) is 6.15 Å². The normalized spacial score (nSPS) is 5.12. The molecule has 0 bridgehead atoms. The van der Waals surface area contributed by atoms with Crippen LogP contribution in [0.3, 0.4) is 0 Å². The van der Waals surface area contributed by atoms with E-state index < -0.39 is 0 Å². The second kappa shape index (κ2) is 9.68. The zero-order valence-electron chi connectivity index (χ0n) is 4.98. The molecule has 0 atom stereocenters. The molecule has 0 rings (SSSR count). The molecule has 0 radical (unpaired) electrons. The summed E-state index contributed by atoms with van der Waals surface area (Å²) in [5.74, 6) is -0.329. The van der Waals surface area contributed by atoms with Crippen LogP contribution in [-0.2, 0) is 9.53 Å². The summed E-state index contributed by atoms with van der Waals surface area (Å²) in [5, 5.41) is 0. The van der Waals surface area contributed by atoms with Crippen molar-refractivity contribution < 1.29 is 21.9 Å². The van der Waals surface area contributed by atoms with Crippen molar-refractivity contribution in [2.75, 3.05) is 0 Å². The third kappa shape index (κ3) is 17.9. The first kappa shape index (κ1) is 15.7. The summed E-state index contributed by atoms with van der Waals surface area (Å²) in [7, 11) is 0. The quantitative estimate of drug-likeness (QED) is 0.340. The summed E-state index contributed by atoms with van der Waals surface area (Å²) in [6.07, 6.45) is 1.10. The molecular weight excluding hydrogens is 130 g/mol. The number of quaternary nitrogens is 1. The van der Waals surface area contributed by atoms with Crippen LogP contribution in [0.15, 0.2) is 12.8 Å². The van der Waals surface area contributed by atoms with Gasteiger partial charge >= 0.3 is 5.97 Å². The Morgan fingerprint density at radius 3 is 2.12 bits per heavy atom. The van der Waals surface area contributed by atoms with Crippen LogP contribution in [0.25, 0.3) is 0 Å². The second-order valence-corrected chi connectivity index (χ2v) is 0.776. The molecule has 0 saturated heterocycles. The van der Waals surface area contributed by atoms with E-state index in [-0.39, 0.29) is 24.5 Å². The van der Waals surface area contributed by atoms with Crippen molar-refractivity contribution in [3.63, 3.8) is 0 Å². The van der Waals surface area contributed by atoms with Gasteiger partial charge in [0.15, 0.2) is 0 Å². The molecule has 0 aliphatic heterocycles. The lowest BCUT2D eigenvalue weighted by Crippen LogP contribution is -3.00. The van der Waals surface area contributed by atoms with E-state index in [1.54, 1.807) is 0 Å². The highest BCUT2D eigenvalue weighted by Crippen LogP contribution is 1.70. The summed E-state index contributed by atoms with van der Waals surface area (Å²) in [4.78, 5) is 9.75. The van der Waals surface area contributed by atoms with Gasteiger partial charge in [0.25, 0.3) is 0 Å². The Morgan fingerprint density at radius 2 is 2.12 bits per heavy atom. The molecule has 0 fully saturated rings. The van der Waals surface area contributed by atoms with Gasteiger partial charge in [0.2, 0.25) is 0 Å². The third-order valence-corrected chi connectivity index (χ3v) is 0.249. The maximum absolute atomic E-state index is 9.75. The molecule has 0 aromatic carbocycles. The summed E-state index contributed by atoms with van der Waals surface area (Å²) >= 11 is 0. The maximum Gasteiger partial charge on any atom is 0.307 e. The number of hydrogen-bond donors (Lipinski definition) is 1. The number of rotatable bonds is 1. The van der Waals surface area contributed by atoms with E-state index in [4.69, 9.17) is 0 Å². The van der Waals surface area contributed by atoms with E-state index in [2.05, 4.69) is 11.3 Å². The van der Waals surface area contributed by atoms with Crippen molar-refractivity contribution in [3.05, 3.63) is 12.8 Å². The van der Waals surface area contributed by atoms with E-state index in [0.29, 0.717) is 0 Å². The summed E-state index contributed by atoms with van der Waals surface area (Å²) in [6.45, 7) is 4.48. The van der Waals surface area contributed by atoms with Crippen LogP contribution < -0.4 is 18.6 Å². The highest BCUT2D eigenvalue weighted by atomic mass is 35.5. The topological polar surface area (TPSA) is 62.8 Å². The third-order valence-electron chi connectivity index (χ3n) is 0.249. The minimum absolute atomic E-state index is 0. The van der Waals surface area contributed by atoms with E-state index in [9.17, 15) is 4.79 Å². The van der Waals surface area contributed by atoms with Gasteiger partial charge in [-0.25, -0.2) is 0 Å². The second-order valence-electron chi connectivity index (χ2n) is 0.776. The number of hydrogen-bond acceptors (Lipinski definition) is 2. The van der Waals surface area contributed by atoms with Gasteiger partial charge in [-0.15, -0.1) is 0 Å². The van der Waals surface area contributed by atoms with Crippen molar-refractivity contribution in [2.45, 2.75) is 6.92 Å². The molecule has 0 aliphatic rings. The average molecular weight is 140 g/mol. The number of halogens is 1. The van der Waals surface area contributed by atoms with Crippen LogP contribution in [0.2, 0.25) is 0 Å². The first-order valence-corrected chi connectivity index (χ1v) is 1.55. The fraction of sp³-hybridized carbons (Fsp3) is 0.250. The van der Waals surface area contributed by atoms with Gasteiger partial charge in [-0.05, 0) is 0 Å². The van der Waals surface area contributed by atoms with Crippen molar-refractivity contribution >= 4 is 5.97 Å². The SMILES string of the molecule is C=COC(C)=O.[Cl-].[NH4+]. The monoisotopic (exact) mass is 139 g/mol. The van der Waals surface area contributed by atoms with Crippen LogP contribution >= 0.6 is 0 Å². The van der Waals surface area contributed by atoms with Crippen LogP contribution in [0.1, 0.15) is 6.92 Å². The van der Waals surface area contributed by atoms with Crippen LogP contribution in [0.5, 0.6) is 0 Å². The largest absolute Gasteiger partial charge is 1.00 e. The molecule has 0 aromatic rings. The fourth-order valence-electron chi connectivity index (χ4n) is 0.117. The minimum Gasteiger partial charge on any atom is -1.00 e. The Balaban J connectivity index is -0.000000125. The summed E-state index contributed by atoms with van der Waals surface area (Å²) < 4.78 is 4.17. The van der Waals surface area contributed by atoms with Gasteiger partial charge in [-0.1, -0.05) is 6.58 Å². The lowest BCUT2D eigenvalue weighted by atomic mass is 10.8. The zero-order chi connectivity index (χ0) is 4.99. The lowest BCUT2D eigenvalue weighted by Gasteiger charge is -1.83. The zero-order valence-corrected chi connectivity index (χ0v) is 5.73. The Hall–Kier alpha value is -0.540. The maximum atomic E-state index is 9.75. The molecular formula is C4H10ClNO2. The van der Waals surface area contributed by atoms with Gasteiger partial charge in [0.05, 0.1) is 6.26 Å². The number of ether oxygens (including phenoxy) is 1. The first-order valence-electron chi connectivity index (χ1n) is 1.55. The molecule has 0 amide bonds. The Kier molecular flexibility index (Phi) is 18.9. The standard InChI is InChI=1S/C4H6O2.ClH.H3N/c1-3-6-4(2)5;;/h3H,1H2,2H3;1H;1H3. The molecule has 0 unspecified atom stereocenters. The average Bonchev–Trinajstić information content (AvgIpc) is 1.35. The molecule has 8 heavy (non-hydrogen) atoms. The van der Waals surface area contributed by atoms with Crippen molar-refractivity contribution in [3.8, 4) is 0 Å². The van der Waals surface area contributed by atoms with E-state index in [1.165, 1.54) is 6.92 Å². The van der Waals surface area contributed by atoms with Crippen molar-refractivity contribution in [1.29, 1.82) is 0 Å². The predicted octanol–water partition coefficient (Wildman–Crippen LogP) is -1.93. The van der Waals surface area contributed by atoms with Crippen LogP contribution in [0, 0.1) is 0 Å². The molecule has 0 spiro atoms. The molecule has 4 N–H and O–H groups in total. The Morgan fingerprint density at radius 1 is 1.75 bits per heavy atom. The highest BCUT2D eigenvalue weighted by molar-refractivity contribution is 5.66. The smallest absolute Gasteiger partial charge is 0.307 e. The number of carbonyl (C=O) groups excluding carboxylic acids is 1. The summed E-state index contributed by atoms with van der Waals surface area (Å²) in [5.41, 5.74) is 0. The van der Waals surface area contributed by atoms with Gasteiger partial charge in [-0.3, -0.25) is 4.79 Å².